The average Bonchev–Trinajstić information content (AvgIpc) is 2.75. The number of aryl methyl sites for hydroxylation is 1. The zero-order valence-electron chi connectivity index (χ0n) is 12.3. The van der Waals surface area contributed by atoms with Crippen LogP contribution in [0.1, 0.15) is 33.0 Å². The molecule has 0 atom stereocenters. The second kappa shape index (κ2) is 5.60. The summed E-state index contributed by atoms with van der Waals surface area (Å²) in [4.78, 5) is 4.54. The maximum absolute atomic E-state index is 13.8. The Morgan fingerprint density at radius 1 is 1.40 bits per heavy atom. The van der Waals surface area contributed by atoms with Gasteiger partial charge in [0.25, 0.3) is 0 Å². The van der Waals surface area contributed by atoms with Gasteiger partial charge in [-0.1, -0.05) is 6.92 Å². The highest BCUT2D eigenvalue weighted by molar-refractivity contribution is 6.17. The summed E-state index contributed by atoms with van der Waals surface area (Å²) in [5.41, 5.74) is 1.42. The quantitative estimate of drug-likeness (QED) is 0.777. The topological polar surface area (TPSA) is 27.1 Å². The molecule has 0 aliphatic rings. The molecule has 5 heteroatoms. The van der Waals surface area contributed by atoms with Gasteiger partial charge in [0.05, 0.1) is 18.1 Å². The van der Waals surface area contributed by atoms with Gasteiger partial charge in [0, 0.05) is 30.0 Å². The van der Waals surface area contributed by atoms with Crippen LogP contribution >= 0.6 is 11.6 Å². The minimum atomic E-state index is -0.392. The van der Waals surface area contributed by atoms with Crippen LogP contribution in [0, 0.1) is 5.82 Å². The molecule has 0 bridgehead atoms. The fraction of sp³-hybridized carbons (Fsp3) is 0.533. The van der Waals surface area contributed by atoms with Crippen molar-refractivity contribution in [3.05, 3.63) is 23.8 Å². The normalized spacial score (nSPS) is 12.1. The molecule has 0 saturated carbocycles. The molecule has 0 amide bonds. The number of hydrogen-bond donors (Lipinski definition) is 0. The lowest BCUT2D eigenvalue weighted by molar-refractivity contribution is 0.341. The number of aromatic nitrogens is 2. The minimum Gasteiger partial charge on any atom is -0.494 e. The standard InChI is InChI=1S/C15H20ClFN2O/c1-5-15(2,3)19-12-9-13(20-4)10(17)8-11(12)18-14(19)6-7-16/h8-9H,5-7H2,1-4H3. The van der Waals surface area contributed by atoms with E-state index in [1.54, 1.807) is 6.07 Å². The zero-order valence-corrected chi connectivity index (χ0v) is 13.1. The van der Waals surface area contributed by atoms with E-state index in [1.165, 1.54) is 13.2 Å². The van der Waals surface area contributed by atoms with E-state index in [0.29, 0.717) is 17.8 Å². The number of hydrogen-bond acceptors (Lipinski definition) is 2. The summed E-state index contributed by atoms with van der Waals surface area (Å²) in [5, 5.41) is 0. The Hall–Kier alpha value is -1.29. The lowest BCUT2D eigenvalue weighted by atomic mass is 10.0. The summed E-state index contributed by atoms with van der Waals surface area (Å²) in [6, 6.07) is 3.14. The molecule has 3 nitrogen and oxygen atoms in total. The third-order valence-electron chi connectivity index (χ3n) is 3.79. The van der Waals surface area contributed by atoms with E-state index in [4.69, 9.17) is 16.3 Å². The Bertz CT molecular complexity index is 622. The van der Waals surface area contributed by atoms with Gasteiger partial charge in [-0.15, -0.1) is 11.6 Å². The number of rotatable bonds is 5. The van der Waals surface area contributed by atoms with Crippen LogP contribution in [-0.2, 0) is 12.0 Å². The number of halogens is 2. The highest BCUT2D eigenvalue weighted by Crippen LogP contribution is 2.31. The Kier molecular flexibility index (Phi) is 4.23. The molecule has 1 heterocycles. The molecule has 0 radical (unpaired) electrons. The van der Waals surface area contributed by atoms with Gasteiger partial charge in [-0.3, -0.25) is 0 Å². The molecule has 0 spiro atoms. The summed E-state index contributed by atoms with van der Waals surface area (Å²) in [6.07, 6.45) is 1.59. The first-order chi connectivity index (χ1) is 9.44. The van der Waals surface area contributed by atoms with Crippen molar-refractivity contribution in [2.24, 2.45) is 0 Å². The molecule has 0 aliphatic carbocycles. The van der Waals surface area contributed by atoms with Gasteiger partial charge < -0.3 is 9.30 Å². The summed E-state index contributed by atoms with van der Waals surface area (Å²) in [7, 11) is 1.47. The SMILES string of the molecule is CCC(C)(C)n1c(CCCl)nc2cc(F)c(OC)cc21. The summed E-state index contributed by atoms with van der Waals surface area (Å²) in [6.45, 7) is 6.40. The number of nitrogens with zero attached hydrogens (tertiary/aromatic N) is 2. The van der Waals surface area contributed by atoms with E-state index in [0.717, 1.165) is 17.8 Å². The fourth-order valence-electron chi connectivity index (χ4n) is 2.37. The zero-order chi connectivity index (χ0) is 14.9. The van der Waals surface area contributed by atoms with E-state index in [-0.39, 0.29) is 11.3 Å². The molecule has 110 valence electrons. The third-order valence-corrected chi connectivity index (χ3v) is 3.98. The van der Waals surface area contributed by atoms with Gasteiger partial charge in [0.2, 0.25) is 0 Å². The molecule has 0 unspecified atom stereocenters. The lowest BCUT2D eigenvalue weighted by Gasteiger charge is -2.28. The second-order valence-electron chi connectivity index (χ2n) is 5.44. The predicted octanol–water partition coefficient (Wildman–Crippen LogP) is 4.11. The van der Waals surface area contributed by atoms with Crippen molar-refractivity contribution >= 4 is 22.6 Å². The van der Waals surface area contributed by atoms with Crippen LogP contribution in [0.3, 0.4) is 0 Å². The van der Waals surface area contributed by atoms with Crippen molar-refractivity contribution in [2.45, 2.75) is 39.2 Å². The van der Waals surface area contributed by atoms with Crippen LogP contribution < -0.4 is 4.74 Å². The van der Waals surface area contributed by atoms with E-state index in [9.17, 15) is 4.39 Å². The number of ether oxygens (including phenoxy) is 1. The van der Waals surface area contributed by atoms with Crippen molar-refractivity contribution < 1.29 is 9.13 Å². The minimum absolute atomic E-state index is 0.112. The Morgan fingerprint density at radius 2 is 2.10 bits per heavy atom. The predicted molar refractivity (Wildman–Crippen MR) is 80.3 cm³/mol. The molecule has 0 saturated heterocycles. The summed E-state index contributed by atoms with van der Waals surface area (Å²) in [5.74, 6) is 1.22. The number of alkyl halides is 1. The van der Waals surface area contributed by atoms with Crippen LogP contribution in [0.4, 0.5) is 4.39 Å². The number of methoxy groups -OCH3 is 1. The van der Waals surface area contributed by atoms with Crippen LogP contribution in [0.15, 0.2) is 12.1 Å². The molecule has 1 aromatic carbocycles. The smallest absolute Gasteiger partial charge is 0.167 e. The first-order valence-electron chi connectivity index (χ1n) is 6.76. The molecule has 2 rings (SSSR count). The van der Waals surface area contributed by atoms with Crippen LogP contribution in [0.5, 0.6) is 5.75 Å². The van der Waals surface area contributed by atoms with Crippen molar-refractivity contribution in [2.75, 3.05) is 13.0 Å². The van der Waals surface area contributed by atoms with Gasteiger partial charge in [0.15, 0.2) is 11.6 Å². The number of imidazole rings is 1. The van der Waals surface area contributed by atoms with Gasteiger partial charge in [-0.25, -0.2) is 9.37 Å². The highest BCUT2D eigenvalue weighted by atomic mass is 35.5. The van der Waals surface area contributed by atoms with Crippen molar-refractivity contribution in [3.63, 3.8) is 0 Å². The first-order valence-corrected chi connectivity index (χ1v) is 7.29. The van der Waals surface area contributed by atoms with Crippen LogP contribution in [0.25, 0.3) is 11.0 Å². The molecule has 2 aromatic rings. The Balaban J connectivity index is 2.76. The first kappa shape index (κ1) is 15.1. The molecule has 0 N–H and O–H groups in total. The van der Waals surface area contributed by atoms with E-state index in [2.05, 4.69) is 30.3 Å². The van der Waals surface area contributed by atoms with Crippen LogP contribution in [0.2, 0.25) is 0 Å². The van der Waals surface area contributed by atoms with E-state index in [1.807, 2.05) is 0 Å². The maximum Gasteiger partial charge on any atom is 0.167 e. The van der Waals surface area contributed by atoms with Gasteiger partial charge >= 0.3 is 0 Å². The molecule has 1 aromatic heterocycles. The number of fused-ring (bicyclic) bond motifs is 1. The Labute approximate surface area is 123 Å². The molecular weight excluding hydrogens is 279 g/mol. The monoisotopic (exact) mass is 298 g/mol. The van der Waals surface area contributed by atoms with Gasteiger partial charge in [0.1, 0.15) is 5.82 Å². The average molecular weight is 299 g/mol. The summed E-state index contributed by atoms with van der Waals surface area (Å²) < 4.78 is 21.1. The molecule has 0 aliphatic heterocycles. The molecular formula is C15H20ClFN2O. The van der Waals surface area contributed by atoms with E-state index < -0.39 is 5.82 Å². The highest BCUT2D eigenvalue weighted by Gasteiger charge is 2.25. The number of benzene rings is 1. The van der Waals surface area contributed by atoms with Crippen molar-refractivity contribution in [3.8, 4) is 5.75 Å². The van der Waals surface area contributed by atoms with Crippen molar-refractivity contribution in [1.29, 1.82) is 0 Å². The Morgan fingerprint density at radius 3 is 2.65 bits per heavy atom. The molecule has 0 fully saturated rings. The lowest BCUT2D eigenvalue weighted by Crippen LogP contribution is -2.27. The largest absolute Gasteiger partial charge is 0.494 e. The maximum atomic E-state index is 13.8. The second-order valence-corrected chi connectivity index (χ2v) is 5.82. The fourth-order valence-corrected chi connectivity index (χ4v) is 2.54. The van der Waals surface area contributed by atoms with E-state index >= 15 is 0 Å². The van der Waals surface area contributed by atoms with Gasteiger partial charge in [-0.05, 0) is 20.3 Å². The van der Waals surface area contributed by atoms with Gasteiger partial charge in [-0.2, -0.15) is 0 Å². The third kappa shape index (κ3) is 2.49. The summed E-state index contributed by atoms with van der Waals surface area (Å²) >= 11 is 5.87. The van der Waals surface area contributed by atoms with Crippen molar-refractivity contribution in [1.82, 2.24) is 9.55 Å². The van der Waals surface area contributed by atoms with Crippen LogP contribution in [-0.4, -0.2) is 22.5 Å². The molecule has 20 heavy (non-hydrogen) atoms.